The zero-order valence-electron chi connectivity index (χ0n) is 29.2. The summed E-state index contributed by atoms with van der Waals surface area (Å²) in [5.41, 5.74) is 19.4. The predicted molar refractivity (Wildman–Crippen MR) is 204 cm³/mol. The summed E-state index contributed by atoms with van der Waals surface area (Å²) in [6.45, 7) is 0.759. The van der Waals surface area contributed by atoms with Gasteiger partial charge >= 0.3 is 0 Å². The number of benzene rings is 3. The number of fused-ring (bicyclic) bond motifs is 1. The first kappa shape index (κ1) is 36.6. The van der Waals surface area contributed by atoms with Gasteiger partial charge in [0.15, 0.2) is 11.9 Å². The highest BCUT2D eigenvalue weighted by Crippen LogP contribution is 2.22. The summed E-state index contributed by atoms with van der Waals surface area (Å²) in [6.07, 6.45) is 13.3. The highest BCUT2D eigenvalue weighted by Gasteiger charge is 2.24. The third kappa shape index (κ3) is 11.8. The molecule has 0 spiro atoms. The molecule has 3 aromatic rings. The molecule has 0 heterocycles. The fraction of sp³-hybridized carbons (Fsp3) is 0.487. The molecule has 2 fully saturated rings. The van der Waals surface area contributed by atoms with E-state index < -0.39 is 12.1 Å². The number of nitrogens with two attached hydrogens (primary N) is 3. The highest BCUT2D eigenvalue weighted by molar-refractivity contribution is 5.98. The lowest BCUT2D eigenvalue weighted by Crippen LogP contribution is -2.53. The molecule has 50 heavy (non-hydrogen) atoms. The summed E-state index contributed by atoms with van der Waals surface area (Å²) in [7, 11) is 0. The predicted octanol–water partition coefficient (Wildman–Crippen LogP) is 4.59. The minimum atomic E-state index is -0.644. The first-order valence-corrected chi connectivity index (χ1v) is 18.4. The molecule has 0 unspecified atom stereocenters. The molecular formula is C39H55N9O2. The molecule has 2 aliphatic rings. The van der Waals surface area contributed by atoms with Crippen LogP contribution in [0.2, 0.25) is 0 Å². The fourth-order valence-corrected chi connectivity index (χ4v) is 6.83. The Labute approximate surface area is 296 Å². The number of nitrogens with zero attached hydrogens (tertiary/aromatic N) is 2. The summed E-state index contributed by atoms with van der Waals surface area (Å²) in [6, 6.07) is 21.6. The van der Waals surface area contributed by atoms with Crippen LogP contribution in [-0.4, -0.2) is 54.4 Å². The van der Waals surface area contributed by atoms with Gasteiger partial charge in [0.05, 0.1) is 12.1 Å². The Morgan fingerprint density at radius 2 is 1.48 bits per heavy atom. The molecule has 2 amide bonds. The lowest BCUT2D eigenvalue weighted by Gasteiger charge is -2.29. The van der Waals surface area contributed by atoms with Gasteiger partial charge in [-0.1, -0.05) is 93.1 Å². The topological polar surface area (TPSA) is 185 Å². The van der Waals surface area contributed by atoms with Crippen LogP contribution >= 0.6 is 0 Å². The lowest BCUT2D eigenvalue weighted by atomic mass is 9.95. The van der Waals surface area contributed by atoms with E-state index in [1.807, 2.05) is 36.4 Å². The first-order chi connectivity index (χ1) is 24.3. The van der Waals surface area contributed by atoms with Crippen LogP contribution in [0.15, 0.2) is 76.7 Å². The minimum Gasteiger partial charge on any atom is -0.370 e. The van der Waals surface area contributed by atoms with Crippen molar-refractivity contribution >= 4 is 40.2 Å². The molecule has 268 valence electrons. The quantitative estimate of drug-likeness (QED) is 0.0737. The molecule has 3 aromatic carbocycles. The monoisotopic (exact) mass is 681 g/mol. The van der Waals surface area contributed by atoms with Crippen molar-refractivity contribution in [2.24, 2.45) is 27.2 Å². The molecule has 0 radical (unpaired) electrons. The Balaban J connectivity index is 1.26. The van der Waals surface area contributed by atoms with Crippen molar-refractivity contribution in [3.05, 3.63) is 77.9 Å². The lowest BCUT2D eigenvalue weighted by molar-refractivity contribution is -0.122. The van der Waals surface area contributed by atoms with Gasteiger partial charge in [0.1, 0.15) is 6.04 Å². The highest BCUT2D eigenvalue weighted by atomic mass is 16.2. The van der Waals surface area contributed by atoms with Crippen LogP contribution in [-0.2, 0) is 22.6 Å². The summed E-state index contributed by atoms with van der Waals surface area (Å²) in [4.78, 5) is 35.7. The number of guanidine groups is 2. The average molecular weight is 682 g/mol. The SMILES string of the molecule is NC(N)=NCCC[C@@H](N)C(=O)NCc1ccc(NC(=O)[C@H](Cc2ccc3ccccc3c2)NC(=NC2CCCCC2)NC2CCCCC2)cc1. The van der Waals surface area contributed by atoms with Gasteiger partial charge in [-0.3, -0.25) is 14.6 Å². The van der Waals surface area contributed by atoms with Gasteiger partial charge in [-0.2, -0.15) is 0 Å². The number of nitrogens with one attached hydrogen (secondary N) is 4. The Kier molecular flexibility index (Phi) is 13.9. The molecule has 0 saturated heterocycles. The van der Waals surface area contributed by atoms with Gasteiger partial charge in [0, 0.05) is 31.2 Å². The van der Waals surface area contributed by atoms with Crippen molar-refractivity contribution in [1.82, 2.24) is 16.0 Å². The summed E-state index contributed by atoms with van der Waals surface area (Å²) in [5, 5.41) is 15.7. The second kappa shape index (κ2) is 18.9. The van der Waals surface area contributed by atoms with Crippen LogP contribution in [0, 0.1) is 0 Å². The van der Waals surface area contributed by atoms with Crippen molar-refractivity contribution in [2.45, 2.75) is 114 Å². The van der Waals surface area contributed by atoms with Gasteiger partial charge < -0.3 is 38.5 Å². The first-order valence-electron chi connectivity index (χ1n) is 18.4. The second-order valence-corrected chi connectivity index (χ2v) is 13.8. The number of carbonyl (C=O) groups excluding carboxylic acids is 2. The maximum atomic E-state index is 14.1. The molecule has 0 aromatic heterocycles. The fourth-order valence-electron chi connectivity index (χ4n) is 6.83. The standard InChI is InChI=1S/C39H55N9O2/c40-34(16-9-23-43-38(41)42)36(49)44-26-27-18-21-33(22-19-27)45-37(50)35(25-28-17-20-29-10-7-8-11-30(29)24-28)48-39(46-31-12-3-1-4-13-31)47-32-14-5-2-6-15-32/h7-8,10-11,17-22,24,31-32,34-35H,1-6,9,12-16,23,25-26,40H2,(H,44,49)(H,45,50)(H4,41,42,43)(H2,46,47,48)/t34-,35+/m1/s1. The van der Waals surface area contributed by atoms with Crippen molar-refractivity contribution in [2.75, 3.05) is 11.9 Å². The van der Waals surface area contributed by atoms with Crippen molar-refractivity contribution < 1.29 is 9.59 Å². The van der Waals surface area contributed by atoms with E-state index in [1.165, 1.54) is 43.9 Å². The van der Waals surface area contributed by atoms with E-state index >= 15 is 0 Å². The smallest absolute Gasteiger partial charge is 0.247 e. The molecular weight excluding hydrogens is 626 g/mol. The normalized spacial score (nSPS) is 17.0. The van der Waals surface area contributed by atoms with Gasteiger partial charge in [0.2, 0.25) is 11.8 Å². The maximum Gasteiger partial charge on any atom is 0.247 e. The number of aliphatic imine (C=N–C) groups is 2. The summed E-state index contributed by atoms with van der Waals surface area (Å²) < 4.78 is 0. The van der Waals surface area contributed by atoms with Crippen LogP contribution in [0.5, 0.6) is 0 Å². The summed E-state index contributed by atoms with van der Waals surface area (Å²) in [5.74, 6) is 0.402. The number of hydrogen-bond donors (Lipinski definition) is 7. The van der Waals surface area contributed by atoms with Crippen LogP contribution in [0.4, 0.5) is 5.69 Å². The Morgan fingerprint density at radius 3 is 2.20 bits per heavy atom. The van der Waals surface area contributed by atoms with Crippen molar-refractivity contribution in [3.8, 4) is 0 Å². The number of amides is 2. The molecule has 2 saturated carbocycles. The van der Waals surface area contributed by atoms with Crippen LogP contribution in [0.25, 0.3) is 10.8 Å². The zero-order valence-corrected chi connectivity index (χ0v) is 29.2. The molecule has 11 nitrogen and oxygen atoms in total. The van der Waals surface area contributed by atoms with E-state index in [-0.39, 0.29) is 23.8 Å². The maximum absolute atomic E-state index is 14.1. The zero-order chi connectivity index (χ0) is 35.1. The average Bonchev–Trinajstić information content (AvgIpc) is 3.13. The van der Waals surface area contributed by atoms with Gasteiger partial charge in [0.25, 0.3) is 0 Å². The van der Waals surface area contributed by atoms with E-state index in [9.17, 15) is 9.59 Å². The molecule has 10 N–H and O–H groups in total. The van der Waals surface area contributed by atoms with Crippen molar-refractivity contribution in [1.29, 1.82) is 0 Å². The number of carbonyl (C=O) groups is 2. The van der Waals surface area contributed by atoms with E-state index in [0.717, 1.165) is 48.2 Å². The third-order valence-corrected chi connectivity index (χ3v) is 9.71. The third-order valence-electron chi connectivity index (χ3n) is 9.71. The number of rotatable bonds is 14. The van der Waals surface area contributed by atoms with Gasteiger partial charge in [-0.15, -0.1) is 0 Å². The number of anilines is 1. The van der Waals surface area contributed by atoms with Crippen LogP contribution < -0.4 is 38.5 Å². The Bertz CT molecular complexity index is 1590. The molecule has 0 aliphatic heterocycles. The minimum absolute atomic E-state index is 0.0271. The number of hydrogen-bond acceptors (Lipinski definition) is 5. The molecule has 2 aliphatic carbocycles. The molecule has 2 atom stereocenters. The molecule has 0 bridgehead atoms. The molecule has 11 heteroatoms. The Morgan fingerprint density at radius 1 is 0.800 bits per heavy atom. The summed E-state index contributed by atoms with van der Waals surface area (Å²) >= 11 is 0. The van der Waals surface area contributed by atoms with Gasteiger partial charge in [-0.05, 0) is 72.6 Å². The second-order valence-electron chi connectivity index (χ2n) is 13.8. The van der Waals surface area contributed by atoms with E-state index in [0.29, 0.717) is 44.1 Å². The van der Waals surface area contributed by atoms with Gasteiger partial charge in [-0.25, -0.2) is 4.99 Å². The largest absolute Gasteiger partial charge is 0.370 e. The van der Waals surface area contributed by atoms with Crippen LogP contribution in [0.1, 0.15) is 88.2 Å². The Hall–Kier alpha value is -4.64. The van der Waals surface area contributed by atoms with E-state index in [2.05, 4.69) is 56.6 Å². The van der Waals surface area contributed by atoms with Crippen molar-refractivity contribution in [3.63, 3.8) is 0 Å². The van der Waals surface area contributed by atoms with E-state index in [1.54, 1.807) is 0 Å². The molecule has 5 rings (SSSR count). The van der Waals surface area contributed by atoms with E-state index in [4.69, 9.17) is 22.2 Å². The van der Waals surface area contributed by atoms with Crippen LogP contribution in [0.3, 0.4) is 0 Å².